The van der Waals surface area contributed by atoms with Gasteiger partial charge in [-0.1, -0.05) is 23.8 Å². The Bertz CT molecular complexity index is 552. The fourth-order valence-corrected chi connectivity index (χ4v) is 1.91. The lowest BCUT2D eigenvalue weighted by atomic mass is 10.1. The van der Waals surface area contributed by atoms with Gasteiger partial charge in [0.05, 0.1) is 0 Å². The van der Waals surface area contributed by atoms with Gasteiger partial charge < -0.3 is 4.57 Å². The Hall–Kier alpha value is -1.83. The Morgan fingerprint density at radius 1 is 1.24 bits per heavy atom. The number of carbonyl (C=O) groups excluding carboxylic acids is 1. The number of carbonyl (C=O) groups is 1. The highest BCUT2D eigenvalue weighted by Crippen LogP contribution is 2.13. The molecule has 88 valence electrons. The van der Waals surface area contributed by atoms with Gasteiger partial charge in [-0.05, 0) is 38.0 Å². The van der Waals surface area contributed by atoms with E-state index in [1.807, 2.05) is 18.5 Å². The Labute approximate surface area is 102 Å². The van der Waals surface area contributed by atoms with Crippen molar-refractivity contribution >= 4 is 5.78 Å². The van der Waals surface area contributed by atoms with E-state index in [-0.39, 0.29) is 5.78 Å². The maximum absolute atomic E-state index is 11.2. The van der Waals surface area contributed by atoms with Crippen LogP contribution in [-0.4, -0.2) is 10.4 Å². The van der Waals surface area contributed by atoms with Crippen molar-refractivity contribution in [3.05, 3.63) is 58.9 Å². The fraction of sp³-hybridized carbons (Fsp3) is 0.267. The van der Waals surface area contributed by atoms with Crippen LogP contribution >= 0.6 is 0 Å². The van der Waals surface area contributed by atoms with Crippen LogP contribution in [-0.2, 0) is 6.54 Å². The van der Waals surface area contributed by atoms with E-state index < -0.39 is 0 Å². The van der Waals surface area contributed by atoms with Crippen LogP contribution in [0.3, 0.4) is 0 Å². The molecule has 0 N–H and O–H groups in total. The molecule has 0 saturated carbocycles. The maximum Gasteiger partial charge on any atom is 0.161 e. The van der Waals surface area contributed by atoms with Crippen LogP contribution in [0.25, 0.3) is 0 Å². The minimum atomic E-state index is 0.115. The Kier molecular flexibility index (Phi) is 3.14. The van der Waals surface area contributed by atoms with Crippen molar-refractivity contribution in [2.75, 3.05) is 0 Å². The summed E-state index contributed by atoms with van der Waals surface area (Å²) in [6, 6.07) is 8.33. The first-order chi connectivity index (χ1) is 8.06. The van der Waals surface area contributed by atoms with Crippen molar-refractivity contribution in [1.82, 2.24) is 4.57 Å². The minimum Gasteiger partial charge on any atom is -0.349 e. The van der Waals surface area contributed by atoms with Crippen LogP contribution < -0.4 is 0 Å². The van der Waals surface area contributed by atoms with E-state index in [0.717, 1.165) is 12.1 Å². The van der Waals surface area contributed by atoms with Gasteiger partial charge in [0.2, 0.25) is 0 Å². The molecule has 2 nitrogen and oxygen atoms in total. The average Bonchev–Trinajstić information content (AvgIpc) is 2.72. The molecule has 0 bridgehead atoms. The van der Waals surface area contributed by atoms with Crippen molar-refractivity contribution in [2.24, 2.45) is 0 Å². The van der Waals surface area contributed by atoms with Gasteiger partial charge in [0.1, 0.15) is 0 Å². The lowest BCUT2D eigenvalue weighted by Gasteiger charge is -2.08. The number of hydrogen-bond acceptors (Lipinski definition) is 1. The van der Waals surface area contributed by atoms with Crippen LogP contribution in [0.4, 0.5) is 0 Å². The summed E-state index contributed by atoms with van der Waals surface area (Å²) in [7, 11) is 0. The number of aromatic nitrogens is 1. The minimum absolute atomic E-state index is 0.115. The smallest absolute Gasteiger partial charge is 0.161 e. The third-order valence-corrected chi connectivity index (χ3v) is 3.01. The maximum atomic E-state index is 11.2. The van der Waals surface area contributed by atoms with E-state index in [9.17, 15) is 4.79 Å². The molecule has 0 aliphatic rings. The molecule has 0 aliphatic carbocycles. The van der Waals surface area contributed by atoms with Gasteiger partial charge in [-0.2, -0.15) is 0 Å². The first-order valence-corrected chi connectivity index (χ1v) is 5.79. The molecule has 0 unspecified atom stereocenters. The van der Waals surface area contributed by atoms with E-state index in [1.165, 1.54) is 16.7 Å². The Balaban J connectivity index is 2.25. The molecule has 0 fully saturated rings. The SMILES string of the molecule is CC(=O)c1ccn(Cc2cc(C)ccc2C)c1. The molecule has 2 heteroatoms. The van der Waals surface area contributed by atoms with Gasteiger partial charge >= 0.3 is 0 Å². The molecule has 0 amide bonds. The van der Waals surface area contributed by atoms with Gasteiger partial charge in [-0.3, -0.25) is 4.79 Å². The third-order valence-electron chi connectivity index (χ3n) is 3.01. The van der Waals surface area contributed by atoms with Gasteiger partial charge in [0.25, 0.3) is 0 Å². The highest BCUT2D eigenvalue weighted by Gasteiger charge is 2.03. The van der Waals surface area contributed by atoms with E-state index >= 15 is 0 Å². The Morgan fingerprint density at radius 3 is 2.65 bits per heavy atom. The Morgan fingerprint density at radius 2 is 2.00 bits per heavy atom. The highest BCUT2D eigenvalue weighted by molar-refractivity contribution is 5.93. The molecule has 0 aliphatic heterocycles. The zero-order chi connectivity index (χ0) is 12.4. The predicted molar refractivity (Wildman–Crippen MR) is 69.5 cm³/mol. The number of nitrogens with zero attached hydrogens (tertiary/aromatic N) is 1. The third kappa shape index (κ3) is 2.64. The zero-order valence-electron chi connectivity index (χ0n) is 10.5. The second-order valence-electron chi connectivity index (χ2n) is 4.56. The number of aryl methyl sites for hydroxylation is 2. The standard InChI is InChI=1S/C15H17NO/c1-11-4-5-12(2)15(8-11)10-16-7-6-14(9-16)13(3)17/h4-9H,10H2,1-3H3. The van der Waals surface area contributed by atoms with Gasteiger partial charge in [-0.15, -0.1) is 0 Å². The summed E-state index contributed by atoms with van der Waals surface area (Å²) >= 11 is 0. The summed E-state index contributed by atoms with van der Waals surface area (Å²) in [5, 5.41) is 0. The first-order valence-electron chi connectivity index (χ1n) is 5.79. The van der Waals surface area contributed by atoms with E-state index in [1.54, 1.807) is 6.92 Å². The molecular weight excluding hydrogens is 210 g/mol. The first kappa shape index (κ1) is 11.6. The van der Waals surface area contributed by atoms with Crippen LogP contribution in [0.1, 0.15) is 34.0 Å². The molecular formula is C15H17NO. The van der Waals surface area contributed by atoms with Crippen molar-refractivity contribution in [1.29, 1.82) is 0 Å². The number of benzene rings is 1. The summed E-state index contributed by atoms with van der Waals surface area (Å²) in [5.41, 5.74) is 4.63. The quantitative estimate of drug-likeness (QED) is 0.737. The number of ketones is 1. The van der Waals surface area contributed by atoms with Crippen molar-refractivity contribution in [3.63, 3.8) is 0 Å². The lowest BCUT2D eigenvalue weighted by Crippen LogP contribution is -1.99. The van der Waals surface area contributed by atoms with Gasteiger partial charge in [-0.25, -0.2) is 0 Å². The second kappa shape index (κ2) is 4.58. The average molecular weight is 227 g/mol. The molecule has 0 spiro atoms. The predicted octanol–water partition coefficient (Wildman–Crippen LogP) is 3.36. The van der Waals surface area contributed by atoms with Gasteiger partial charge in [0, 0.05) is 24.5 Å². The summed E-state index contributed by atoms with van der Waals surface area (Å²) in [6.45, 7) is 6.63. The van der Waals surface area contributed by atoms with Crippen LogP contribution in [0, 0.1) is 13.8 Å². The largest absolute Gasteiger partial charge is 0.349 e. The number of rotatable bonds is 3. The summed E-state index contributed by atoms with van der Waals surface area (Å²) < 4.78 is 2.05. The lowest BCUT2D eigenvalue weighted by molar-refractivity contribution is 0.101. The molecule has 1 aromatic heterocycles. The van der Waals surface area contributed by atoms with Crippen molar-refractivity contribution in [2.45, 2.75) is 27.3 Å². The molecule has 0 saturated heterocycles. The summed E-state index contributed by atoms with van der Waals surface area (Å²) in [5.74, 6) is 0.115. The van der Waals surface area contributed by atoms with E-state index in [4.69, 9.17) is 0 Å². The molecule has 2 aromatic rings. The molecule has 1 heterocycles. The number of hydrogen-bond donors (Lipinski definition) is 0. The van der Waals surface area contributed by atoms with Gasteiger partial charge in [0.15, 0.2) is 5.78 Å². The molecule has 2 rings (SSSR count). The summed E-state index contributed by atoms with van der Waals surface area (Å²) in [4.78, 5) is 11.2. The molecule has 1 aromatic carbocycles. The monoisotopic (exact) mass is 227 g/mol. The van der Waals surface area contributed by atoms with E-state index in [2.05, 4.69) is 36.6 Å². The fourth-order valence-electron chi connectivity index (χ4n) is 1.91. The molecule has 17 heavy (non-hydrogen) atoms. The van der Waals surface area contributed by atoms with Crippen LogP contribution in [0.15, 0.2) is 36.7 Å². The van der Waals surface area contributed by atoms with Crippen molar-refractivity contribution < 1.29 is 4.79 Å². The normalized spacial score (nSPS) is 10.5. The topological polar surface area (TPSA) is 22.0 Å². The second-order valence-corrected chi connectivity index (χ2v) is 4.56. The zero-order valence-corrected chi connectivity index (χ0v) is 10.5. The van der Waals surface area contributed by atoms with E-state index in [0.29, 0.717) is 0 Å². The highest BCUT2D eigenvalue weighted by atomic mass is 16.1. The number of Topliss-reactive ketones (excluding diaryl/α,β-unsaturated/α-hetero) is 1. The summed E-state index contributed by atoms with van der Waals surface area (Å²) in [6.07, 6.45) is 3.86. The van der Waals surface area contributed by atoms with Crippen LogP contribution in [0.2, 0.25) is 0 Å². The van der Waals surface area contributed by atoms with Crippen molar-refractivity contribution in [3.8, 4) is 0 Å². The molecule has 0 radical (unpaired) electrons. The van der Waals surface area contributed by atoms with Crippen LogP contribution in [0.5, 0.6) is 0 Å². The molecule has 0 atom stereocenters.